The zero-order valence-corrected chi connectivity index (χ0v) is 11.4. The molecule has 17 heavy (non-hydrogen) atoms. The molecule has 0 spiro atoms. The smallest absolute Gasteiger partial charge is 0.125 e. The summed E-state index contributed by atoms with van der Waals surface area (Å²) in [6, 6.07) is 4.14. The van der Waals surface area contributed by atoms with E-state index in [1.54, 1.807) is 0 Å². The van der Waals surface area contributed by atoms with Crippen molar-refractivity contribution in [3.8, 4) is 0 Å². The van der Waals surface area contributed by atoms with Crippen LogP contribution in [0.5, 0.6) is 0 Å². The van der Waals surface area contributed by atoms with Crippen molar-refractivity contribution in [3.63, 3.8) is 0 Å². The second-order valence-corrected chi connectivity index (χ2v) is 4.70. The molecule has 0 unspecified atom stereocenters. The van der Waals surface area contributed by atoms with Crippen LogP contribution in [0.3, 0.4) is 0 Å². The fraction of sp³-hybridized carbons (Fsp3) is 0.615. The van der Waals surface area contributed by atoms with Gasteiger partial charge in [-0.25, -0.2) is 4.98 Å². The Morgan fingerprint density at radius 1 is 1.18 bits per heavy atom. The van der Waals surface area contributed by atoms with E-state index in [-0.39, 0.29) is 0 Å². The van der Waals surface area contributed by atoms with E-state index >= 15 is 0 Å². The Bertz CT molecular complexity index is 308. The lowest BCUT2D eigenvalue weighted by atomic mass is 10.2. The number of hydrogen-bond acceptors (Lipinski definition) is 4. The molecule has 1 aromatic rings. The minimum Gasteiger partial charge on any atom is -0.373 e. The van der Waals surface area contributed by atoms with E-state index in [4.69, 9.17) is 0 Å². The van der Waals surface area contributed by atoms with Crippen LogP contribution in [-0.2, 0) is 6.54 Å². The molecule has 1 N–H and O–H groups in total. The summed E-state index contributed by atoms with van der Waals surface area (Å²) in [6.45, 7) is 3.22. The lowest BCUT2D eigenvalue weighted by Crippen LogP contribution is -2.23. The third kappa shape index (κ3) is 5.65. The van der Waals surface area contributed by atoms with E-state index in [0.29, 0.717) is 0 Å². The van der Waals surface area contributed by atoms with Gasteiger partial charge in [0.25, 0.3) is 0 Å². The van der Waals surface area contributed by atoms with E-state index in [1.165, 1.54) is 12.0 Å². The minimum absolute atomic E-state index is 0.920. The van der Waals surface area contributed by atoms with Gasteiger partial charge in [-0.15, -0.1) is 0 Å². The average molecular weight is 236 g/mol. The molecular formula is C13H24N4. The summed E-state index contributed by atoms with van der Waals surface area (Å²) in [7, 11) is 8.26. The number of nitrogens with one attached hydrogen (secondary N) is 1. The van der Waals surface area contributed by atoms with Crippen LogP contribution in [0.1, 0.15) is 12.0 Å². The van der Waals surface area contributed by atoms with Crippen molar-refractivity contribution >= 4 is 5.82 Å². The first-order chi connectivity index (χ1) is 8.11. The van der Waals surface area contributed by atoms with Crippen LogP contribution in [0.4, 0.5) is 5.82 Å². The molecule has 0 atom stereocenters. The first-order valence-corrected chi connectivity index (χ1v) is 6.08. The molecule has 0 saturated carbocycles. The van der Waals surface area contributed by atoms with E-state index in [0.717, 1.165) is 25.5 Å². The van der Waals surface area contributed by atoms with Crippen LogP contribution < -0.4 is 5.32 Å². The molecule has 0 amide bonds. The molecule has 0 fully saturated rings. The van der Waals surface area contributed by atoms with Crippen molar-refractivity contribution in [1.82, 2.24) is 14.8 Å². The Hall–Kier alpha value is -1.13. The van der Waals surface area contributed by atoms with Gasteiger partial charge in [0, 0.05) is 19.8 Å². The highest BCUT2D eigenvalue weighted by Crippen LogP contribution is 2.06. The van der Waals surface area contributed by atoms with Crippen molar-refractivity contribution in [2.24, 2.45) is 0 Å². The summed E-state index contributed by atoms with van der Waals surface area (Å²) in [6.07, 6.45) is 3.14. The molecule has 1 heterocycles. The molecule has 4 nitrogen and oxygen atoms in total. The molecule has 1 aromatic heterocycles. The molecule has 1 rings (SSSR count). The molecule has 4 heteroatoms. The van der Waals surface area contributed by atoms with Gasteiger partial charge >= 0.3 is 0 Å². The summed E-state index contributed by atoms with van der Waals surface area (Å²) in [5.74, 6) is 0.920. The average Bonchev–Trinajstić information content (AvgIpc) is 2.29. The van der Waals surface area contributed by atoms with E-state index in [9.17, 15) is 0 Å². The predicted molar refractivity (Wildman–Crippen MR) is 73.3 cm³/mol. The van der Waals surface area contributed by atoms with Gasteiger partial charge in [-0.2, -0.15) is 0 Å². The van der Waals surface area contributed by atoms with Crippen LogP contribution in [0.25, 0.3) is 0 Å². The van der Waals surface area contributed by atoms with Crippen molar-refractivity contribution in [2.75, 3.05) is 46.6 Å². The lowest BCUT2D eigenvalue weighted by molar-refractivity contribution is 0.294. The molecule has 0 saturated heterocycles. The number of aromatic nitrogens is 1. The minimum atomic E-state index is 0.920. The summed E-state index contributed by atoms with van der Waals surface area (Å²) in [4.78, 5) is 8.86. The number of nitrogens with zero attached hydrogens (tertiary/aromatic N) is 3. The zero-order chi connectivity index (χ0) is 12.7. The Morgan fingerprint density at radius 2 is 1.94 bits per heavy atom. The zero-order valence-electron chi connectivity index (χ0n) is 11.4. The molecule has 0 aliphatic carbocycles. The third-order valence-electron chi connectivity index (χ3n) is 2.68. The third-order valence-corrected chi connectivity index (χ3v) is 2.68. The van der Waals surface area contributed by atoms with E-state index in [2.05, 4.69) is 47.3 Å². The van der Waals surface area contributed by atoms with E-state index < -0.39 is 0 Å². The summed E-state index contributed by atoms with van der Waals surface area (Å²) < 4.78 is 0. The Kier molecular flexibility index (Phi) is 5.94. The highest BCUT2D eigenvalue weighted by atomic mass is 15.1. The van der Waals surface area contributed by atoms with Crippen LogP contribution in [0.15, 0.2) is 18.3 Å². The van der Waals surface area contributed by atoms with E-state index in [1.807, 2.05) is 19.3 Å². The maximum Gasteiger partial charge on any atom is 0.125 e. The Morgan fingerprint density at radius 3 is 2.47 bits per heavy atom. The first-order valence-electron chi connectivity index (χ1n) is 6.08. The van der Waals surface area contributed by atoms with Crippen molar-refractivity contribution in [1.29, 1.82) is 0 Å². The van der Waals surface area contributed by atoms with Gasteiger partial charge in [0.05, 0.1) is 0 Å². The fourth-order valence-corrected chi connectivity index (χ4v) is 1.71. The maximum absolute atomic E-state index is 4.31. The lowest BCUT2D eigenvalue weighted by Gasteiger charge is -2.18. The highest BCUT2D eigenvalue weighted by molar-refractivity contribution is 5.34. The Labute approximate surface area is 105 Å². The molecule has 0 aromatic carbocycles. The van der Waals surface area contributed by atoms with Crippen molar-refractivity contribution in [3.05, 3.63) is 23.9 Å². The summed E-state index contributed by atoms with van der Waals surface area (Å²) >= 11 is 0. The quantitative estimate of drug-likeness (QED) is 0.777. The number of anilines is 1. The van der Waals surface area contributed by atoms with Gasteiger partial charge < -0.3 is 15.1 Å². The summed E-state index contributed by atoms with van der Waals surface area (Å²) in [5, 5.41) is 3.02. The van der Waals surface area contributed by atoms with Gasteiger partial charge in [0.2, 0.25) is 0 Å². The SMILES string of the molecule is CNc1ccc(CN(C)CCCN(C)C)cn1. The maximum atomic E-state index is 4.31. The standard InChI is InChI=1S/C13H24N4/c1-14-13-7-6-12(10-15-13)11-17(4)9-5-8-16(2)3/h6-7,10H,5,8-9,11H2,1-4H3,(H,14,15). The molecule has 0 aliphatic heterocycles. The van der Waals surface area contributed by atoms with Gasteiger partial charge in [0.1, 0.15) is 5.82 Å². The molecule has 96 valence electrons. The van der Waals surface area contributed by atoms with Gasteiger partial charge in [-0.3, -0.25) is 0 Å². The van der Waals surface area contributed by atoms with Crippen molar-refractivity contribution < 1.29 is 0 Å². The largest absolute Gasteiger partial charge is 0.373 e. The van der Waals surface area contributed by atoms with Crippen molar-refractivity contribution in [2.45, 2.75) is 13.0 Å². The predicted octanol–water partition coefficient (Wildman–Crippen LogP) is 1.51. The molecular weight excluding hydrogens is 212 g/mol. The van der Waals surface area contributed by atoms with Gasteiger partial charge in [-0.1, -0.05) is 6.07 Å². The molecule has 0 bridgehead atoms. The van der Waals surface area contributed by atoms with Crippen LogP contribution in [0, 0.1) is 0 Å². The number of pyridine rings is 1. The van der Waals surface area contributed by atoms with Crippen LogP contribution in [-0.4, -0.2) is 56.1 Å². The second-order valence-electron chi connectivity index (χ2n) is 4.70. The normalized spacial score (nSPS) is 11.2. The highest BCUT2D eigenvalue weighted by Gasteiger charge is 2.01. The molecule has 0 radical (unpaired) electrons. The monoisotopic (exact) mass is 236 g/mol. The number of rotatable bonds is 7. The molecule has 0 aliphatic rings. The van der Waals surface area contributed by atoms with Gasteiger partial charge in [0.15, 0.2) is 0 Å². The topological polar surface area (TPSA) is 31.4 Å². The van der Waals surface area contributed by atoms with Crippen LogP contribution >= 0.6 is 0 Å². The van der Waals surface area contributed by atoms with Crippen LogP contribution in [0.2, 0.25) is 0 Å². The fourth-order valence-electron chi connectivity index (χ4n) is 1.71. The second kappa shape index (κ2) is 7.25. The first kappa shape index (κ1) is 13.9. The summed E-state index contributed by atoms with van der Waals surface area (Å²) in [5.41, 5.74) is 1.26. The van der Waals surface area contributed by atoms with Gasteiger partial charge in [-0.05, 0) is 52.3 Å². The Balaban J connectivity index is 2.31. The number of hydrogen-bond donors (Lipinski definition) is 1.